The summed E-state index contributed by atoms with van der Waals surface area (Å²) in [4.78, 5) is 12.5. The quantitative estimate of drug-likeness (QED) is 0.206. The molecular weight excluding hydrogens is 514 g/mol. The highest BCUT2D eigenvalue weighted by Gasteiger charge is 2.53. The zero-order valence-corrected chi connectivity index (χ0v) is 24.0. The minimum Gasteiger partial charge on any atom is -0.457 e. The first-order chi connectivity index (χ1) is 20.6. The number of hydrogen-bond donors (Lipinski definition) is 0. The van der Waals surface area contributed by atoms with E-state index < -0.39 is 5.41 Å². The number of ether oxygens (including phenoxy) is 1. The monoisotopic (exact) mass is 547 g/mol. The van der Waals surface area contributed by atoms with Crippen LogP contribution in [0.2, 0.25) is 0 Å². The van der Waals surface area contributed by atoms with Crippen molar-refractivity contribution < 1.29 is 4.74 Å². The first kappa shape index (κ1) is 24.2. The molecule has 2 aliphatic heterocycles. The van der Waals surface area contributed by atoms with Gasteiger partial charge in [-0.2, -0.15) is 0 Å². The zero-order chi connectivity index (χ0) is 28.1. The number of nitrogens with zero attached hydrogens (tertiary/aromatic N) is 3. The summed E-state index contributed by atoms with van der Waals surface area (Å²) in [5.74, 6) is 2.39. The Morgan fingerprint density at radius 1 is 0.667 bits per heavy atom. The van der Waals surface area contributed by atoms with Gasteiger partial charge < -0.3 is 9.64 Å². The Balaban J connectivity index is 1.34. The minimum absolute atomic E-state index is 0.135. The number of fused-ring (bicyclic) bond motifs is 11. The second-order valence-electron chi connectivity index (χ2n) is 12.9. The molecular formula is C38H33N3O. The van der Waals surface area contributed by atoms with Crippen molar-refractivity contribution in [1.29, 1.82) is 0 Å². The van der Waals surface area contributed by atoms with Crippen molar-refractivity contribution in [3.05, 3.63) is 131 Å². The third-order valence-electron chi connectivity index (χ3n) is 10.6. The van der Waals surface area contributed by atoms with E-state index in [1.54, 1.807) is 0 Å². The molecule has 2 aromatic heterocycles. The van der Waals surface area contributed by atoms with Crippen molar-refractivity contribution in [3.63, 3.8) is 0 Å². The van der Waals surface area contributed by atoms with E-state index >= 15 is 0 Å². The van der Waals surface area contributed by atoms with Crippen LogP contribution in [0.25, 0.3) is 11.4 Å². The van der Waals surface area contributed by atoms with Gasteiger partial charge in [-0.3, -0.25) is 9.97 Å². The summed E-state index contributed by atoms with van der Waals surface area (Å²) in [6.45, 7) is 4.93. The Hall–Kier alpha value is -4.44. The standard InChI is InChI=1S/C38H33N3O/c1-37(2)25-11-3-6-16-31(25)41(32-17-7-4-12-26(32)37)24-19-20-34-30(23-24)38(27-13-5-8-18-33(27)42-34)28-14-9-21-39-35(28)36-29(38)15-10-22-40-36/h3,5-6,8-11,13-16,18-23,26,32H,4,7,12,17H2,1-2H3. The molecule has 0 N–H and O–H groups in total. The summed E-state index contributed by atoms with van der Waals surface area (Å²) >= 11 is 0. The Bertz CT molecular complexity index is 1850. The highest BCUT2D eigenvalue weighted by atomic mass is 16.5. The fourth-order valence-corrected chi connectivity index (χ4v) is 8.90. The smallest absolute Gasteiger partial charge is 0.132 e. The predicted octanol–water partition coefficient (Wildman–Crippen LogP) is 8.93. The molecule has 2 unspecified atom stereocenters. The molecule has 0 saturated heterocycles. The molecule has 4 heterocycles. The largest absolute Gasteiger partial charge is 0.457 e. The van der Waals surface area contributed by atoms with Crippen LogP contribution in [-0.4, -0.2) is 16.0 Å². The molecule has 4 aliphatic rings. The van der Waals surface area contributed by atoms with Crippen LogP contribution in [0.1, 0.15) is 67.3 Å². The third-order valence-corrected chi connectivity index (χ3v) is 10.6. The van der Waals surface area contributed by atoms with Crippen LogP contribution in [-0.2, 0) is 10.8 Å². The lowest BCUT2D eigenvalue weighted by molar-refractivity contribution is 0.190. The van der Waals surface area contributed by atoms with Gasteiger partial charge in [-0.1, -0.05) is 75.2 Å². The highest BCUT2D eigenvalue weighted by Crippen LogP contribution is 2.62. The Morgan fingerprint density at radius 2 is 1.31 bits per heavy atom. The molecule has 9 rings (SSSR count). The van der Waals surface area contributed by atoms with Gasteiger partial charge in [0.25, 0.3) is 0 Å². The molecule has 0 radical (unpaired) electrons. The van der Waals surface area contributed by atoms with Gasteiger partial charge in [0.1, 0.15) is 11.5 Å². The number of benzene rings is 3. The van der Waals surface area contributed by atoms with Crippen LogP contribution in [0.4, 0.5) is 11.4 Å². The molecule has 1 saturated carbocycles. The molecule has 42 heavy (non-hydrogen) atoms. The highest BCUT2D eigenvalue weighted by molar-refractivity contribution is 5.86. The van der Waals surface area contributed by atoms with Crippen LogP contribution < -0.4 is 9.64 Å². The second kappa shape index (κ2) is 8.54. The number of para-hydroxylation sites is 2. The lowest BCUT2D eigenvalue weighted by Crippen LogP contribution is -2.52. The van der Waals surface area contributed by atoms with Gasteiger partial charge >= 0.3 is 0 Å². The fraction of sp³-hybridized carbons (Fsp3) is 0.263. The summed E-state index contributed by atoms with van der Waals surface area (Å²) in [5, 5.41) is 0. The van der Waals surface area contributed by atoms with Crippen molar-refractivity contribution in [1.82, 2.24) is 9.97 Å². The topological polar surface area (TPSA) is 38.2 Å². The fourth-order valence-electron chi connectivity index (χ4n) is 8.90. The van der Waals surface area contributed by atoms with Crippen molar-refractivity contribution in [2.45, 2.75) is 56.4 Å². The average molecular weight is 548 g/mol. The van der Waals surface area contributed by atoms with E-state index in [-0.39, 0.29) is 5.41 Å². The predicted molar refractivity (Wildman–Crippen MR) is 167 cm³/mol. The van der Waals surface area contributed by atoms with Gasteiger partial charge in [-0.15, -0.1) is 0 Å². The number of hydrogen-bond acceptors (Lipinski definition) is 4. The first-order valence-electron chi connectivity index (χ1n) is 15.3. The Morgan fingerprint density at radius 3 is 2.10 bits per heavy atom. The van der Waals surface area contributed by atoms with Gasteiger partial charge in [0, 0.05) is 40.9 Å². The van der Waals surface area contributed by atoms with Crippen molar-refractivity contribution in [3.8, 4) is 22.9 Å². The van der Waals surface area contributed by atoms with Crippen LogP contribution in [0.3, 0.4) is 0 Å². The lowest BCUT2D eigenvalue weighted by atomic mass is 9.61. The van der Waals surface area contributed by atoms with E-state index in [2.05, 4.69) is 110 Å². The third kappa shape index (κ3) is 2.97. The van der Waals surface area contributed by atoms with E-state index in [0.717, 1.165) is 34.0 Å². The van der Waals surface area contributed by atoms with Gasteiger partial charge in [0.2, 0.25) is 0 Å². The number of aromatic nitrogens is 2. The Labute approximate surface area is 247 Å². The van der Waals surface area contributed by atoms with E-state index in [1.807, 2.05) is 12.4 Å². The zero-order valence-electron chi connectivity index (χ0n) is 24.0. The van der Waals surface area contributed by atoms with Crippen molar-refractivity contribution in [2.75, 3.05) is 4.90 Å². The second-order valence-corrected chi connectivity index (χ2v) is 12.9. The Kier molecular flexibility index (Phi) is 4.92. The molecule has 0 amide bonds. The van der Waals surface area contributed by atoms with Gasteiger partial charge in [-0.25, -0.2) is 0 Å². The molecule has 1 spiro atoms. The summed E-state index contributed by atoms with van der Waals surface area (Å²) in [5.41, 5.74) is 10.2. The van der Waals surface area contributed by atoms with E-state index in [1.165, 1.54) is 53.7 Å². The van der Waals surface area contributed by atoms with Gasteiger partial charge in [-0.05, 0) is 83.3 Å². The molecule has 4 nitrogen and oxygen atoms in total. The molecule has 1 fully saturated rings. The summed E-state index contributed by atoms with van der Waals surface area (Å²) in [7, 11) is 0. The van der Waals surface area contributed by atoms with E-state index in [0.29, 0.717) is 12.0 Å². The van der Waals surface area contributed by atoms with Crippen LogP contribution in [0.15, 0.2) is 103 Å². The molecule has 3 aromatic carbocycles. The normalized spacial score (nSPS) is 21.7. The number of rotatable bonds is 1. The maximum Gasteiger partial charge on any atom is 0.132 e. The van der Waals surface area contributed by atoms with Crippen LogP contribution >= 0.6 is 0 Å². The van der Waals surface area contributed by atoms with Crippen molar-refractivity contribution >= 4 is 11.4 Å². The first-order valence-corrected chi connectivity index (χ1v) is 15.3. The van der Waals surface area contributed by atoms with Crippen molar-refractivity contribution in [2.24, 2.45) is 5.92 Å². The van der Waals surface area contributed by atoms with E-state index in [9.17, 15) is 0 Å². The van der Waals surface area contributed by atoms with Gasteiger partial charge in [0.15, 0.2) is 0 Å². The molecule has 2 aliphatic carbocycles. The summed E-state index contributed by atoms with van der Waals surface area (Å²) < 4.78 is 6.69. The van der Waals surface area contributed by atoms with Crippen LogP contribution in [0, 0.1) is 5.92 Å². The summed E-state index contributed by atoms with van der Waals surface area (Å²) in [6, 6.07) is 33.5. The number of anilines is 2. The average Bonchev–Trinajstić information content (AvgIpc) is 3.33. The van der Waals surface area contributed by atoms with Gasteiger partial charge in [0.05, 0.1) is 16.8 Å². The molecule has 4 heteroatoms. The molecule has 0 bridgehead atoms. The van der Waals surface area contributed by atoms with Crippen LogP contribution in [0.5, 0.6) is 11.5 Å². The number of pyridine rings is 2. The molecule has 5 aromatic rings. The maximum atomic E-state index is 6.69. The summed E-state index contributed by atoms with van der Waals surface area (Å²) in [6.07, 6.45) is 8.84. The van der Waals surface area contributed by atoms with E-state index in [4.69, 9.17) is 14.7 Å². The molecule has 2 atom stereocenters. The maximum absolute atomic E-state index is 6.69. The molecule has 206 valence electrons. The minimum atomic E-state index is -0.562. The SMILES string of the molecule is CC1(C)c2ccccc2N(c2ccc3c(c2)C2(c4ccccc4O3)c3cccnc3-c3ncccc32)C2CCCCC21. The lowest BCUT2D eigenvalue weighted by Gasteiger charge is -2.54.